The Bertz CT molecular complexity index is 1660. The minimum atomic E-state index is -1.75. The molecule has 17 heteroatoms. The summed E-state index contributed by atoms with van der Waals surface area (Å²) in [6.45, 7) is 9.90. The molecular formula is C40H56B2O15. The number of phenolic OH excluding ortho intramolecular Hbond substituents is 1. The van der Waals surface area contributed by atoms with E-state index in [9.17, 15) is 48.9 Å². The second-order valence-electron chi connectivity index (χ2n) is 13.7. The summed E-state index contributed by atoms with van der Waals surface area (Å²) < 4.78 is 25.4. The maximum absolute atomic E-state index is 12.4. The molecule has 0 saturated heterocycles. The van der Waals surface area contributed by atoms with Crippen molar-refractivity contribution in [2.24, 2.45) is 11.8 Å². The van der Waals surface area contributed by atoms with Crippen LogP contribution in [-0.2, 0) is 51.0 Å². The first-order valence-corrected chi connectivity index (χ1v) is 19.5. The van der Waals surface area contributed by atoms with Gasteiger partial charge in [-0.3, -0.25) is 19.2 Å². The van der Waals surface area contributed by atoms with Gasteiger partial charge in [-0.25, -0.2) is 9.59 Å². The van der Waals surface area contributed by atoms with Gasteiger partial charge in [0.25, 0.3) is 0 Å². The number of Topliss-reactive ketones (excluding diaryl/α,β-unsaturated/α-hetero) is 2. The zero-order chi connectivity index (χ0) is 42.7. The molecule has 0 saturated carbocycles. The molecule has 0 radical (unpaired) electrons. The Hall–Kier alpha value is -4.73. The summed E-state index contributed by atoms with van der Waals surface area (Å²) in [6, 6.07) is 9.36. The number of aromatic hydroxyl groups is 1. The summed E-state index contributed by atoms with van der Waals surface area (Å²) in [5, 5.41) is 39.7. The van der Waals surface area contributed by atoms with Crippen LogP contribution in [0.4, 0.5) is 0 Å². The predicted octanol–water partition coefficient (Wildman–Crippen LogP) is 5.18. The van der Waals surface area contributed by atoms with Crippen molar-refractivity contribution in [1.29, 1.82) is 0 Å². The van der Waals surface area contributed by atoms with E-state index in [0.29, 0.717) is 38.5 Å². The second-order valence-corrected chi connectivity index (χ2v) is 13.7. The van der Waals surface area contributed by atoms with Gasteiger partial charge in [-0.15, -0.1) is 0 Å². The van der Waals surface area contributed by atoms with Crippen LogP contribution in [0.3, 0.4) is 0 Å². The van der Waals surface area contributed by atoms with E-state index in [1.54, 1.807) is 26.0 Å². The molecule has 15 nitrogen and oxygen atoms in total. The lowest BCUT2D eigenvalue weighted by Gasteiger charge is -2.28. The number of carbonyl (C=O) groups is 6. The molecule has 0 unspecified atom stereocenters. The quantitative estimate of drug-likeness (QED) is 0.0725. The molecule has 2 aromatic rings. The van der Waals surface area contributed by atoms with Crippen LogP contribution < -0.4 is 4.65 Å². The number of hydrogen-bond donors (Lipinski definition) is 4. The number of para-hydroxylation sites is 2. The molecule has 1 heterocycles. The second kappa shape index (κ2) is 24.8. The number of fused-ring (bicyclic) bond motifs is 1. The topological polar surface area (TPSA) is 229 Å². The molecule has 2 aromatic carbocycles. The van der Waals surface area contributed by atoms with E-state index in [4.69, 9.17) is 23.6 Å². The summed E-state index contributed by atoms with van der Waals surface area (Å²) in [7, 11) is -2.92. The fourth-order valence-corrected chi connectivity index (χ4v) is 6.10. The third-order valence-electron chi connectivity index (χ3n) is 9.87. The van der Waals surface area contributed by atoms with Crippen LogP contribution in [0.2, 0.25) is 11.6 Å². The molecule has 0 spiro atoms. The molecule has 57 heavy (non-hydrogen) atoms. The van der Waals surface area contributed by atoms with Crippen molar-refractivity contribution < 1.29 is 72.5 Å². The van der Waals surface area contributed by atoms with E-state index >= 15 is 0 Å². The fraction of sp³-hybridized carbons (Fsp3) is 0.550. The third kappa shape index (κ3) is 14.9. The van der Waals surface area contributed by atoms with Crippen LogP contribution in [0.5, 0.6) is 11.5 Å². The Balaban J connectivity index is 0.000000394. The summed E-state index contributed by atoms with van der Waals surface area (Å²) in [5.41, 5.74) is 1.00. The van der Waals surface area contributed by atoms with Gasteiger partial charge in [-0.2, -0.15) is 0 Å². The number of rotatable bonds is 21. The first-order chi connectivity index (χ1) is 27.1. The molecule has 4 N–H and O–H groups in total. The zero-order valence-corrected chi connectivity index (χ0v) is 33.7. The molecule has 1 aliphatic heterocycles. The summed E-state index contributed by atoms with van der Waals surface area (Å²) in [4.78, 5) is 71.6. The van der Waals surface area contributed by atoms with Gasteiger partial charge >= 0.3 is 38.1 Å². The van der Waals surface area contributed by atoms with Gasteiger partial charge in [-0.05, 0) is 61.8 Å². The van der Waals surface area contributed by atoms with Crippen molar-refractivity contribution in [1.82, 2.24) is 0 Å². The smallest absolute Gasteiger partial charge is 0.526 e. The Morgan fingerprint density at radius 2 is 1.26 bits per heavy atom. The highest BCUT2D eigenvalue weighted by Gasteiger charge is 2.38. The van der Waals surface area contributed by atoms with Gasteiger partial charge in [0.2, 0.25) is 13.6 Å². The Morgan fingerprint density at radius 3 is 1.77 bits per heavy atom. The summed E-state index contributed by atoms with van der Waals surface area (Å²) >= 11 is 0. The van der Waals surface area contributed by atoms with E-state index in [1.165, 1.54) is 24.3 Å². The third-order valence-corrected chi connectivity index (χ3v) is 9.87. The van der Waals surface area contributed by atoms with Gasteiger partial charge in [-0.1, -0.05) is 65.8 Å². The van der Waals surface area contributed by atoms with Gasteiger partial charge in [0, 0.05) is 37.3 Å². The average Bonchev–Trinajstić information content (AvgIpc) is 3.19. The maximum atomic E-state index is 12.4. The van der Waals surface area contributed by atoms with Gasteiger partial charge in [0.05, 0.1) is 11.8 Å². The molecule has 1 aliphatic rings. The minimum absolute atomic E-state index is 0.0139. The van der Waals surface area contributed by atoms with Crippen molar-refractivity contribution in [3.63, 3.8) is 0 Å². The van der Waals surface area contributed by atoms with Gasteiger partial charge in [0.1, 0.15) is 34.2 Å². The Labute approximate surface area is 334 Å². The molecule has 0 bridgehead atoms. The number of phenols is 1. The van der Waals surface area contributed by atoms with E-state index < -0.39 is 57.5 Å². The van der Waals surface area contributed by atoms with Gasteiger partial charge < -0.3 is 43.8 Å². The highest BCUT2D eigenvalue weighted by atomic mass is 16.7. The number of ether oxygens (including phenoxy) is 4. The Kier molecular flexibility index (Phi) is 21.1. The predicted molar refractivity (Wildman–Crippen MR) is 209 cm³/mol. The average molecular weight is 798 g/mol. The zero-order valence-electron chi connectivity index (χ0n) is 33.7. The van der Waals surface area contributed by atoms with Crippen LogP contribution in [-0.4, -0.2) is 83.4 Å². The minimum Gasteiger partial charge on any atom is -0.535 e. The normalized spacial score (nSPS) is 13.7. The van der Waals surface area contributed by atoms with Crippen molar-refractivity contribution in [2.45, 2.75) is 117 Å². The molecular weight excluding hydrogens is 742 g/mol. The molecule has 312 valence electrons. The van der Waals surface area contributed by atoms with Crippen molar-refractivity contribution in [3.8, 4) is 11.5 Å². The summed E-state index contributed by atoms with van der Waals surface area (Å²) in [6.07, 6.45) is 3.77. The number of esters is 4. The van der Waals surface area contributed by atoms with Gasteiger partial charge in [0.15, 0.2) is 0 Å². The lowest BCUT2D eigenvalue weighted by molar-refractivity contribution is -0.158. The monoisotopic (exact) mass is 798 g/mol. The molecule has 0 amide bonds. The highest BCUT2D eigenvalue weighted by molar-refractivity contribution is 6.47. The molecule has 3 rings (SSSR count). The highest BCUT2D eigenvalue weighted by Crippen LogP contribution is 2.37. The lowest BCUT2D eigenvalue weighted by atomic mass is 9.64. The first-order valence-electron chi connectivity index (χ1n) is 19.5. The lowest BCUT2D eigenvalue weighted by Crippen LogP contribution is -2.35. The van der Waals surface area contributed by atoms with Crippen LogP contribution in [0, 0.1) is 11.8 Å². The van der Waals surface area contributed by atoms with E-state index in [2.05, 4.69) is 0 Å². The maximum Gasteiger partial charge on any atom is 0.526 e. The molecule has 2 atom stereocenters. The van der Waals surface area contributed by atoms with Crippen LogP contribution in [0.15, 0.2) is 36.4 Å². The van der Waals surface area contributed by atoms with E-state index in [0.717, 1.165) is 5.56 Å². The Morgan fingerprint density at radius 1 is 0.754 bits per heavy atom. The standard InChI is InChI=1S/C20H29BO8.C20H27BO7/c1-4-13(5-2)19(24)28-12-29-20(25)17-9-7-8-14(18(17)23)10-15(21(26)27)11-16(22)6-3;1-4-13(5-2)19(23)26-12-27-20(24)17-9-7-8-14-10-15(11-16(22)6-3)21(25)28-18(14)17/h7-9,13,15,23,26-27H,4-6,10-12H2,1-3H3;7-9,13,15,25H,4-6,10-12H2,1-3H3/t2*15-/m11/s1. The van der Waals surface area contributed by atoms with Crippen LogP contribution in [0.1, 0.15) is 125 Å². The largest absolute Gasteiger partial charge is 0.535 e. The SMILES string of the molecule is CCC(=O)C[C@@H](Cc1cccc(C(=O)OCOC(=O)C(CC)CC)c1O)B(O)O.CCC(=O)C[C@H]1Cc2cccc(C(=O)OCOC(=O)C(CC)CC)c2OB1O. The molecule has 0 aromatic heterocycles. The molecule has 0 aliphatic carbocycles. The number of carbonyl (C=O) groups excluding carboxylic acids is 6. The van der Waals surface area contributed by atoms with Crippen molar-refractivity contribution in [3.05, 3.63) is 58.7 Å². The fourth-order valence-electron chi connectivity index (χ4n) is 6.10. The van der Waals surface area contributed by atoms with Crippen molar-refractivity contribution >= 4 is 49.7 Å². The van der Waals surface area contributed by atoms with Crippen molar-refractivity contribution in [2.75, 3.05) is 13.6 Å². The first kappa shape index (κ1) is 48.4. The van der Waals surface area contributed by atoms with Crippen LogP contribution >= 0.6 is 0 Å². The summed E-state index contributed by atoms with van der Waals surface area (Å²) in [5.74, 6) is -4.33. The van der Waals surface area contributed by atoms with Crippen LogP contribution in [0.25, 0.3) is 0 Å². The van der Waals surface area contributed by atoms with E-state index in [1.807, 2.05) is 27.7 Å². The number of ketones is 2. The van der Waals surface area contributed by atoms with E-state index in [-0.39, 0.29) is 83.1 Å². The number of hydrogen-bond acceptors (Lipinski definition) is 15. The number of benzene rings is 2. The molecule has 0 fully saturated rings.